The Morgan fingerprint density at radius 2 is 2.50 bits per heavy atom. The molecule has 46 valence electrons. The number of hydrogen-bond donors (Lipinski definition) is 1. The second-order valence-corrected chi connectivity index (χ2v) is 3.87. The topological polar surface area (TPSA) is 17.1 Å². The fraction of sp³-hybridized carbons (Fsp3) is 0.800. The van der Waals surface area contributed by atoms with Crippen molar-refractivity contribution in [2.75, 3.05) is 5.75 Å². The molecule has 1 saturated heterocycles. The first kappa shape index (κ1) is 6.49. The molecule has 8 heavy (non-hydrogen) atoms. The molecule has 0 saturated carbocycles. The lowest BCUT2D eigenvalue weighted by Crippen LogP contribution is -2.15. The molecule has 1 heterocycles. The summed E-state index contributed by atoms with van der Waals surface area (Å²) >= 11 is 5.71. The van der Waals surface area contributed by atoms with Crippen LogP contribution in [0.5, 0.6) is 0 Å². The number of ketones is 1. The van der Waals surface area contributed by atoms with Crippen molar-refractivity contribution < 1.29 is 4.79 Å². The van der Waals surface area contributed by atoms with E-state index in [0.717, 1.165) is 18.6 Å². The Morgan fingerprint density at radius 3 is 2.88 bits per heavy atom. The highest BCUT2D eigenvalue weighted by Gasteiger charge is 2.17. The van der Waals surface area contributed by atoms with Crippen LogP contribution in [0.3, 0.4) is 0 Å². The first-order valence-corrected chi connectivity index (χ1v) is 4.19. The first-order chi connectivity index (χ1) is 3.80. The summed E-state index contributed by atoms with van der Waals surface area (Å²) in [4.78, 5) is 10.7. The molecule has 0 aromatic rings. The van der Waals surface area contributed by atoms with Gasteiger partial charge in [0, 0.05) is 6.42 Å². The van der Waals surface area contributed by atoms with Gasteiger partial charge in [0.25, 0.3) is 0 Å². The van der Waals surface area contributed by atoms with Gasteiger partial charge in [-0.3, -0.25) is 4.79 Å². The summed E-state index contributed by atoms with van der Waals surface area (Å²) < 4.78 is -0.0243. The molecular formula is C5H8OS2. The third kappa shape index (κ3) is 1.42. The van der Waals surface area contributed by atoms with E-state index in [9.17, 15) is 4.79 Å². The molecule has 0 aromatic heterocycles. The summed E-state index contributed by atoms with van der Waals surface area (Å²) in [6.07, 6.45) is 1.78. The van der Waals surface area contributed by atoms with Gasteiger partial charge in [0.1, 0.15) is 4.58 Å². The van der Waals surface area contributed by atoms with Crippen molar-refractivity contribution in [3.05, 3.63) is 0 Å². The van der Waals surface area contributed by atoms with Crippen LogP contribution >= 0.6 is 24.4 Å². The number of Topliss-reactive ketones (excluding diaryl/α,β-unsaturated/α-hetero) is 1. The fourth-order valence-corrected chi connectivity index (χ4v) is 1.94. The highest BCUT2D eigenvalue weighted by atomic mass is 32.2. The maximum absolute atomic E-state index is 10.7. The van der Waals surface area contributed by atoms with Crippen molar-refractivity contribution in [1.29, 1.82) is 0 Å². The van der Waals surface area contributed by atoms with Crippen LogP contribution in [0.15, 0.2) is 0 Å². The Morgan fingerprint density at radius 1 is 1.75 bits per heavy atom. The smallest absolute Gasteiger partial charge is 0.155 e. The molecule has 3 heteroatoms. The molecule has 1 atom stereocenters. The van der Waals surface area contributed by atoms with Gasteiger partial charge in [-0.2, -0.15) is 12.6 Å². The molecule has 0 N–H and O–H groups in total. The van der Waals surface area contributed by atoms with Crippen LogP contribution in [0, 0.1) is 0 Å². The van der Waals surface area contributed by atoms with Crippen LogP contribution in [0.25, 0.3) is 0 Å². The minimum absolute atomic E-state index is 0.0243. The molecule has 1 aliphatic heterocycles. The van der Waals surface area contributed by atoms with Gasteiger partial charge < -0.3 is 0 Å². The van der Waals surface area contributed by atoms with Gasteiger partial charge >= 0.3 is 0 Å². The van der Waals surface area contributed by atoms with E-state index in [2.05, 4.69) is 12.6 Å². The Kier molecular flexibility index (Phi) is 2.26. The molecule has 1 unspecified atom stereocenters. The zero-order valence-corrected chi connectivity index (χ0v) is 6.17. The van der Waals surface area contributed by atoms with Crippen molar-refractivity contribution in [3.8, 4) is 0 Å². The first-order valence-electron chi connectivity index (χ1n) is 2.63. The monoisotopic (exact) mass is 148 g/mol. The SMILES string of the molecule is O=C1CCCSC1S. The quantitative estimate of drug-likeness (QED) is 0.522. The maximum Gasteiger partial charge on any atom is 0.155 e. The second-order valence-electron chi connectivity index (χ2n) is 1.79. The number of rotatable bonds is 0. The molecule has 0 bridgehead atoms. The summed E-state index contributed by atoms with van der Waals surface area (Å²) in [5.74, 6) is 1.39. The molecule has 0 amide bonds. The number of hydrogen-bond acceptors (Lipinski definition) is 3. The molecule has 1 rings (SSSR count). The van der Waals surface area contributed by atoms with E-state index >= 15 is 0 Å². The van der Waals surface area contributed by atoms with E-state index in [1.807, 2.05) is 0 Å². The molecular weight excluding hydrogens is 140 g/mol. The molecule has 0 aromatic carbocycles. The van der Waals surface area contributed by atoms with E-state index in [1.54, 1.807) is 11.8 Å². The lowest BCUT2D eigenvalue weighted by Gasteiger charge is -2.13. The van der Waals surface area contributed by atoms with Gasteiger partial charge in [0.15, 0.2) is 5.78 Å². The minimum Gasteiger partial charge on any atom is -0.298 e. The highest BCUT2D eigenvalue weighted by Crippen LogP contribution is 2.24. The zero-order chi connectivity index (χ0) is 5.98. The maximum atomic E-state index is 10.7. The van der Waals surface area contributed by atoms with Crippen molar-refractivity contribution >= 4 is 30.2 Å². The standard InChI is InChI=1S/C5H8OS2/c6-4-2-1-3-8-5(4)7/h5,7H,1-3H2. The fourth-order valence-electron chi connectivity index (χ4n) is 0.658. The second kappa shape index (κ2) is 2.78. The van der Waals surface area contributed by atoms with Gasteiger partial charge in [0.05, 0.1) is 0 Å². The third-order valence-corrected chi connectivity index (χ3v) is 2.96. The van der Waals surface area contributed by atoms with Crippen LogP contribution < -0.4 is 0 Å². The summed E-state index contributed by atoms with van der Waals surface area (Å²) in [7, 11) is 0. The van der Waals surface area contributed by atoms with Crippen LogP contribution in [0.1, 0.15) is 12.8 Å². The lowest BCUT2D eigenvalue weighted by molar-refractivity contribution is -0.117. The summed E-state index contributed by atoms with van der Waals surface area (Å²) in [6.45, 7) is 0. The van der Waals surface area contributed by atoms with E-state index in [4.69, 9.17) is 0 Å². The Bertz CT molecular complexity index is 103. The van der Waals surface area contributed by atoms with Gasteiger partial charge in [0.2, 0.25) is 0 Å². The number of thioether (sulfide) groups is 1. The van der Waals surface area contributed by atoms with E-state index in [0.29, 0.717) is 5.78 Å². The molecule has 0 spiro atoms. The Hall–Kier alpha value is 0.370. The average Bonchev–Trinajstić information content (AvgIpc) is 1.77. The van der Waals surface area contributed by atoms with E-state index in [-0.39, 0.29) is 4.58 Å². The van der Waals surface area contributed by atoms with Crippen molar-refractivity contribution in [2.24, 2.45) is 0 Å². The normalized spacial score (nSPS) is 30.6. The van der Waals surface area contributed by atoms with Crippen molar-refractivity contribution in [1.82, 2.24) is 0 Å². The van der Waals surface area contributed by atoms with Crippen LogP contribution in [0.2, 0.25) is 0 Å². The van der Waals surface area contributed by atoms with Crippen LogP contribution in [-0.2, 0) is 4.79 Å². The summed E-state index contributed by atoms with van der Waals surface area (Å²) in [6, 6.07) is 0. The Labute approximate surface area is 58.6 Å². The molecule has 0 aliphatic carbocycles. The van der Waals surface area contributed by atoms with Crippen molar-refractivity contribution in [3.63, 3.8) is 0 Å². The van der Waals surface area contributed by atoms with Gasteiger partial charge in [-0.1, -0.05) is 0 Å². The summed E-state index contributed by atoms with van der Waals surface area (Å²) in [5.41, 5.74) is 0. The predicted octanol–water partition coefficient (Wildman–Crippen LogP) is 1.34. The van der Waals surface area contributed by atoms with Gasteiger partial charge in [-0.25, -0.2) is 0 Å². The predicted molar refractivity (Wildman–Crippen MR) is 39.5 cm³/mol. The Balaban J connectivity index is 2.39. The minimum atomic E-state index is -0.0243. The summed E-state index contributed by atoms with van der Waals surface area (Å²) in [5, 5.41) is 0. The molecule has 1 aliphatic rings. The van der Waals surface area contributed by atoms with Crippen LogP contribution in [-0.4, -0.2) is 16.1 Å². The van der Waals surface area contributed by atoms with Crippen molar-refractivity contribution in [2.45, 2.75) is 17.4 Å². The van der Waals surface area contributed by atoms with Gasteiger partial charge in [-0.15, -0.1) is 11.8 Å². The third-order valence-electron chi connectivity index (χ3n) is 1.12. The largest absolute Gasteiger partial charge is 0.298 e. The molecule has 0 radical (unpaired) electrons. The van der Waals surface area contributed by atoms with E-state index in [1.165, 1.54) is 0 Å². The lowest BCUT2D eigenvalue weighted by atomic mass is 10.2. The van der Waals surface area contributed by atoms with E-state index < -0.39 is 0 Å². The molecule has 1 fully saturated rings. The number of thiol groups is 1. The highest BCUT2D eigenvalue weighted by molar-refractivity contribution is 8.11. The van der Waals surface area contributed by atoms with Crippen LogP contribution in [0.4, 0.5) is 0 Å². The number of carbonyl (C=O) groups is 1. The van der Waals surface area contributed by atoms with Gasteiger partial charge in [-0.05, 0) is 12.2 Å². The zero-order valence-electron chi connectivity index (χ0n) is 4.46. The molecule has 1 nitrogen and oxygen atoms in total. The average molecular weight is 148 g/mol. The number of carbonyl (C=O) groups excluding carboxylic acids is 1.